The molecule has 1 N–H and O–H groups in total. The van der Waals surface area contributed by atoms with E-state index < -0.39 is 9.84 Å². The minimum absolute atomic E-state index is 0.379. The summed E-state index contributed by atoms with van der Waals surface area (Å²) in [5.41, 5.74) is 0.707. The van der Waals surface area contributed by atoms with Gasteiger partial charge in [0, 0.05) is 12.8 Å². The third-order valence-corrected chi connectivity index (χ3v) is 3.72. The van der Waals surface area contributed by atoms with E-state index in [4.69, 9.17) is 0 Å². The van der Waals surface area contributed by atoms with Gasteiger partial charge in [-0.1, -0.05) is 26.0 Å². The van der Waals surface area contributed by atoms with Gasteiger partial charge in [0.25, 0.3) is 0 Å². The number of benzene rings is 1. The van der Waals surface area contributed by atoms with Crippen molar-refractivity contribution in [1.29, 1.82) is 0 Å². The van der Waals surface area contributed by atoms with E-state index in [-0.39, 0.29) is 0 Å². The zero-order valence-electron chi connectivity index (χ0n) is 10.7. The number of nitrogens with one attached hydrogen (secondary N) is 1. The SMILES string of the molecule is CC(C)CCCNc1ccccc1S(C)(=O)=O. The molecule has 0 saturated heterocycles. The molecular weight excluding hydrogens is 234 g/mol. The van der Waals surface area contributed by atoms with Crippen molar-refractivity contribution >= 4 is 15.5 Å². The van der Waals surface area contributed by atoms with Crippen LogP contribution < -0.4 is 5.32 Å². The number of hydrogen-bond donors (Lipinski definition) is 1. The molecule has 0 saturated carbocycles. The van der Waals surface area contributed by atoms with Crippen LogP contribution in [-0.2, 0) is 9.84 Å². The van der Waals surface area contributed by atoms with Gasteiger partial charge in [-0.3, -0.25) is 0 Å². The van der Waals surface area contributed by atoms with Gasteiger partial charge in [-0.2, -0.15) is 0 Å². The number of anilines is 1. The van der Waals surface area contributed by atoms with Gasteiger partial charge >= 0.3 is 0 Å². The maximum absolute atomic E-state index is 11.6. The molecule has 0 bridgehead atoms. The maximum atomic E-state index is 11.6. The molecule has 4 heteroatoms. The molecule has 17 heavy (non-hydrogen) atoms. The van der Waals surface area contributed by atoms with E-state index >= 15 is 0 Å². The lowest BCUT2D eigenvalue weighted by Gasteiger charge is -2.11. The van der Waals surface area contributed by atoms with Crippen LogP contribution in [0.25, 0.3) is 0 Å². The van der Waals surface area contributed by atoms with E-state index in [1.165, 1.54) is 6.26 Å². The molecule has 1 aromatic rings. The molecule has 0 radical (unpaired) electrons. The highest BCUT2D eigenvalue weighted by molar-refractivity contribution is 7.90. The van der Waals surface area contributed by atoms with E-state index in [0.29, 0.717) is 16.5 Å². The fourth-order valence-corrected chi connectivity index (χ4v) is 2.53. The molecular formula is C13H21NO2S. The lowest BCUT2D eigenvalue weighted by molar-refractivity contribution is 0.566. The molecule has 0 aliphatic carbocycles. The maximum Gasteiger partial charge on any atom is 0.177 e. The minimum Gasteiger partial charge on any atom is -0.384 e. The van der Waals surface area contributed by atoms with Crippen molar-refractivity contribution in [3.05, 3.63) is 24.3 Å². The summed E-state index contributed by atoms with van der Waals surface area (Å²) in [6.07, 6.45) is 3.44. The first kappa shape index (κ1) is 14.0. The quantitative estimate of drug-likeness (QED) is 0.795. The van der Waals surface area contributed by atoms with Gasteiger partial charge in [-0.15, -0.1) is 0 Å². The summed E-state index contributed by atoms with van der Waals surface area (Å²) in [5, 5.41) is 3.20. The van der Waals surface area contributed by atoms with Crippen molar-refractivity contribution in [3.8, 4) is 0 Å². The van der Waals surface area contributed by atoms with Crippen molar-refractivity contribution in [2.75, 3.05) is 18.1 Å². The fraction of sp³-hybridized carbons (Fsp3) is 0.538. The molecule has 1 rings (SSSR count). The molecule has 0 unspecified atom stereocenters. The van der Waals surface area contributed by atoms with Gasteiger partial charge in [-0.25, -0.2) is 8.42 Å². The lowest BCUT2D eigenvalue weighted by Crippen LogP contribution is -2.08. The third kappa shape index (κ3) is 4.77. The number of rotatable bonds is 6. The van der Waals surface area contributed by atoms with Crippen molar-refractivity contribution in [1.82, 2.24) is 0 Å². The Kier molecular flexibility index (Phi) is 5.00. The zero-order valence-corrected chi connectivity index (χ0v) is 11.5. The molecule has 3 nitrogen and oxygen atoms in total. The van der Waals surface area contributed by atoms with Gasteiger partial charge in [-0.05, 0) is 30.9 Å². The number of hydrogen-bond acceptors (Lipinski definition) is 3. The van der Waals surface area contributed by atoms with Crippen molar-refractivity contribution < 1.29 is 8.42 Å². The van der Waals surface area contributed by atoms with Crippen LogP contribution in [0.4, 0.5) is 5.69 Å². The summed E-state index contributed by atoms with van der Waals surface area (Å²) < 4.78 is 23.1. The zero-order chi connectivity index (χ0) is 12.9. The first-order valence-electron chi connectivity index (χ1n) is 5.94. The lowest BCUT2D eigenvalue weighted by atomic mass is 10.1. The van der Waals surface area contributed by atoms with Crippen LogP contribution in [0, 0.1) is 5.92 Å². The summed E-state index contributed by atoms with van der Waals surface area (Å²) in [4.78, 5) is 0.379. The molecule has 0 aromatic heterocycles. The smallest absolute Gasteiger partial charge is 0.177 e. The van der Waals surface area contributed by atoms with E-state index in [0.717, 1.165) is 19.4 Å². The van der Waals surface area contributed by atoms with E-state index in [1.807, 2.05) is 12.1 Å². The molecule has 1 aromatic carbocycles. The highest BCUT2D eigenvalue weighted by Crippen LogP contribution is 2.20. The van der Waals surface area contributed by atoms with Crippen LogP contribution in [0.2, 0.25) is 0 Å². The molecule has 0 aliphatic rings. The van der Waals surface area contributed by atoms with Crippen LogP contribution >= 0.6 is 0 Å². The van der Waals surface area contributed by atoms with Gasteiger partial charge in [0.15, 0.2) is 9.84 Å². The van der Waals surface area contributed by atoms with Gasteiger partial charge in [0.2, 0.25) is 0 Å². The van der Waals surface area contributed by atoms with Crippen molar-refractivity contribution in [2.24, 2.45) is 5.92 Å². The first-order chi connectivity index (χ1) is 7.91. The molecule has 0 amide bonds. The largest absolute Gasteiger partial charge is 0.384 e. The van der Waals surface area contributed by atoms with Gasteiger partial charge in [0.05, 0.1) is 10.6 Å². The monoisotopic (exact) mass is 255 g/mol. The molecule has 0 fully saturated rings. The predicted octanol–water partition coefficient (Wildman–Crippen LogP) is 2.94. The Morgan fingerprint density at radius 1 is 1.24 bits per heavy atom. The highest BCUT2D eigenvalue weighted by atomic mass is 32.2. The second-order valence-corrected chi connectivity index (χ2v) is 6.72. The van der Waals surface area contributed by atoms with Gasteiger partial charge < -0.3 is 5.32 Å². The molecule has 0 heterocycles. The summed E-state index contributed by atoms with van der Waals surface area (Å²) in [6.45, 7) is 5.18. The fourth-order valence-electron chi connectivity index (χ4n) is 1.67. The van der Waals surface area contributed by atoms with Gasteiger partial charge in [0.1, 0.15) is 0 Å². The summed E-state index contributed by atoms with van der Waals surface area (Å²) in [6, 6.07) is 7.04. The molecule has 0 spiro atoms. The molecule has 0 aliphatic heterocycles. The van der Waals surface area contributed by atoms with Crippen molar-refractivity contribution in [2.45, 2.75) is 31.6 Å². The number of sulfone groups is 1. The van der Waals surface area contributed by atoms with Crippen LogP contribution in [0.3, 0.4) is 0 Å². The molecule has 96 valence electrons. The van der Waals surface area contributed by atoms with Crippen molar-refractivity contribution in [3.63, 3.8) is 0 Å². The number of para-hydroxylation sites is 1. The summed E-state index contributed by atoms with van der Waals surface area (Å²) in [7, 11) is -3.15. The summed E-state index contributed by atoms with van der Waals surface area (Å²) in [5.74, 6) is 0.682. The first-order valence-corrected chi connectivity index (χ1v) is 7.83. The van der Waals surface area contributed by atoms with E-state index in [1.54, 1.807) is 12.1 Å². The van der Waals surface area contributed by atoms with Crippen LogP contribution in [0.15, 0.2) is 29.2 Å². The van der Waals surface area contributed by atoms with Crippen LogP contribution in [-0.4, -0.2) is 21.2 Å². The minimum atomic E-state index is -3.15. The summed E-state index contributed by atoms with van der Waals surface area (Å²) >= 11 is 0. The third-order valence-electron chi connectivity index (χ3n) is 2.56. The standard InChI is InChI=1S/C13H21NO2S/c1-11(2)7-6-10-14-12-8-4-5-9-13(12)17(3,15)16/h4-5,8-9,11,14H,6-7,10H2,1-3H3. The topological polar surface area (TPSA) is 46.2 Å². The van der Waals surface area contributed by atoms with Crippen LogP contribution in [0.5, 0.6) is 0 Å². The predicted molar refractivity (Wildman–Crippen MR) is 72.1 cm³/mol. The Balaban J connectivity index is 2.65. The van der Waals surface area contributed by atoms with Crippen LogP contribution in [0.1, 0.15) is 26.7 Å². The van der Waals surface area contributed by atoms with E-state index in [9.17, 15) is 8.42 Å². The Labute approximate surface area is 104 Å². The van der Waals surface area contributed by atoms with E-state index in [2.05, 4.69) is 19.2 Å². The average molecular weight is 255 g/mol. The molecule has 0 atom stereocenters. The Morgan fingerprint density at radius 3 is 2.47 bits per heavy atom. The Hall–Kier alpha value is -1.03. The Morgan fingerprint density at radius 2 is 1.88 bits per heavy atom. The second-order valence-electron chi connectivity index (χ2n) is 4.73. The average Bonchev–Trinajstić information content (AvgIpc) is 2.23. The normalized spacial score (nSPS) is 11.8. The second kappa shape index (κ2) is 6.05. The Bertz CT molecular complexity index is 452. The highest BCUT2D eigenvalue weighted by Gasteiger charge is 2.11.